The zero-order chi connectivity index (χ0) is 12.4. The van der Waals surface area contributed by atoms with Crippen molar-refractivity contribution in [1.82, 2.24) is 0 Å². The molecule has 0 fully saturated rings. The molecule has 16 heavy (non-hydrogen) atoms. The van der Waals surface area contributed by atoms with Crippen LogP contribution in [0.4, 0.5) is 0 Å². The Morgan fingerprint density at radius 2 is 1.56 bits per heavy atom. The molecule has 1 nitrogen and oxygen atoms in total. The monoisotopic (exact) mass is 228 g/mol. The SMILES string of the molecule is CCCCCCC(O)CC(C)(C)CCCC. The van der Waals surface area contributed by atoms with Gasteiger partial charge in [-0.1, -0.05) is 66.2 Å². The quantitative estimate of drug-likeness (QED) is 0.526. The first-order valence-corrected chi connectivity index (χ1v) is 7.20. The van der Waals surface area contributed by atoms with Gasteiger partial charge >= 0.3 is 0 Å². The van der Waals surface area contributed by atoms with E-state index in [1.54, 1.807) is 0 Å². The Kier molecular flexibility index (Phi) is 9.02. The Morgan fingerprint density at radius 3 is 2.12 bits per heavy atom. The van der Waals surface area contributed by atoms with E-state index in [-0.39, 0.29) is 6.10 Å². The van der Waals surface area contributed by atoms with Crippen molar-refractivity contribution in [2.24, 2.45) is 5.41 Å². The highest BCUT2D eigenvalue weighted by Crippen LogP contribution is 2.30. The molecule has 0 spiro atoms. The minimum Gasteiger partial charge on any atom is -0.393 e. The van der Waals surface area contributed by atoms with E-state index in [4.69, 9.17) is 0 Å². The Morgan fingerprint density at radius 1 is 0.938 bits per heavy atom. The number of hydrogen-bond donors (Lipinski definition) is 1. The van der Waals surface area contributed by atoms with Crippen molar-refractivity contribution in [3.05, 3.63) is 0 Å². The molecule has 0 aromatic heterocycles. The molecule has 0 amide bonds. The topological polar surface area (TPSA) is 20.2 Å². The Labute approximate surface area is 103 Å². The van der Waals surface area contributed by atoms with Crippen molar-refractivity contribution in [3.63, 3.8) is 0 Å². The highest BCUT2D eigenvalue weighted by Gasteiger charge is 2.21. The smallest absolute Gasteiger partial charge is 0.0545 e. The summed E-state index contributed by atoms with van der Waals surface area (Å²) in [7, 11) is 0. The molecule has 0 rings (SSSR count). The van der Waals surface area contributed by atoms with Crippen LogP contribution in [0.5, 0.6) is 0 Å². The van der Waals surface area contributed by atoms with Gasteiger partial charge in [-0.05, 0) is 24.7 Å². The second kappa shape index (κ2) is 9.04. The lowest BCUT2D eigenvalue weighted by Crippen LogP contribution is -2.20. The minimum atomic E-state index is -0.0799. The van der Waals surface area contributed by atoms with Crippen LogP contribution >= 0.6 is 0 Å². The van der Waals surface area contributed by atoms with Gasteiger partial charge in [0.2, 0.25) is 0 Å². The van der Waals surface area contributed by atoms with Crippen molar-refractivity contribution in [3.8, 4) is 0 Å². The number of hydrogen-bond acceptors (Lipinski definition) is 1. The molecule has 98 valence electrons. The zero-order valence-electron chi connectivity index (χ0n) is 11.9. The summed E-state index contributed by atoms with van der Waals surface area (Å²) < 4.78 is 0. The molecule has 0 aliphatic carbocycles. The van der Waals surface area contributed by atoms with Crippen LogP contribution in [0, 0.1) is 5.41 Å². The summed E-state index contributed by atoms with van der Waals surface area (Å²) >= 11 is 0. The summed E-state index contributed by atoms with van der Waals surface area (Å²) in [5, 5.41) is 9.98. The van der Waals surface area contributed by atoms with Gasteiger partial charge in [0.15, 0.2) is 0 Å². The third-order valence-corrected chi connectivity index (χ3v) is 3.39. The zero-order valence-corrected chi connectivity index (χ0v) is 11.9. The highest BCUT2D eigenvalue weighted by molar-refractivity contribution is 4.73. The fraction of sp³-hybridized carbons (Fsp3) is 1.00. The van der Waals surface area contributed by atoms with E-state index in [9.17, 15) is 5.11 Å². The number of rotatable bonds is 10. The van der Waals surface area contributed by atoms with Gasteiger partial charge in [0, 0.05) is 0 Å². The van der Waals surface area contributed by atoms with Crippen molar-refractivity contribution in [2.75, 3.05) is 0 Å². The van der Waals surface area contributed by atoms with Gasteiger partial charge < -0.3 is 5.11 Å². The van der Waals surface area contributed by atoms with Crippen molar-refractivity contribution in [2.45, 2.75) is 91.6 Å². The predicted molar refractivity (Wildman–Crippen MR) is 72.7 cm³/mol. The summed E-state index contributed by atoms with van der Waals surface area (Å²) in [6, 6.07) is 0. The first kappa shape index (κ1) is 16.0. The fourth-order valence-electron chi connectivity index (χ4n) is 2.30. The Hall–Kier alpha value is -0.0400. The molecule has 0 saturated heterocycles. The van der Waals surface area contributed by atoms with Crippen molar-refractivity contribution >= 4 is 0 Å². The average molecular weight is 228 g/mol. The molecule has 0 saturated carbocycles. The standard InChI is InChI=1S/C15H32O/c1-5-7-9-10-11-14(16)13-15(3,4)12-8-6-2/h14,16H,5-13H2,1-4H3. The highest BCUT2D eigenvalue weighted by atomic mass is 16.3. The molecule has 1 N–H and O–H groups in total. The molecule has 0 aromatic carbocycles. The van der Waals surface area contributed by atoms with Crippen LogP contribution in [0.25, 0.3) is 0 Å². The molecule has 0 radical (unpaired) electrons. The van der Waals surface area contributed by atoms with Crippen LogP contribution in [-0.2, 0) is 0 Å². The van der Waals surface area contributed by atoms with Crippen LogP contribution in [0.2, 0.25) is 0 Å². The maximum Gasteiger partial charge on any atom is 0.0545 e. The molecule has 0 aliphatic rings. The van der Waals surface area contributed by atoms with Gasteiger partial charge in [0.25, 0.3) is 0 Å². The van der Waals surface area contributed by atoms with E-state index in [2.05, 4.69) is 27.7 Å². The lowest BCUT2D eigenvalue weighted by atomic mass is 9.81. The van der Waals surface area contributed by atoms with Crippen molar-refractivity contribution in [1.29, 1.82) is 0 Å². The van der Waals surface area contributed by atoms with Crippen LogP contribution < -0.4 is 0 Å². The lowest BCUT2D eigenvalue weighted by molar-refractivity contribution is 0.0980. The van der Waals surface area contributed by atoms with E-state index in [0.717, 1.165) is 12.8 Å². The van der Waals surface area contributed by atoms with Gasteiger partial charge in [0.1, 0.15) is 0 Å². The fourth-order valence-corrected chi connectivity index (χ4v) is 2.30. The molecule has 1 heteroatoms. The number of aliphatic hydroxyl groups is 1. The Bertz CT molecular complexity index is 152. The van der Waals surface area contributed by atoms with Gasteiger partial charge in [-0.25, -0.2) is 0 Å². The van der Waals surface area contributed by atoms with Gasteiger partial charge in [-0.2, -0.15) is 0 Å². The predicted octanol–water partition coefficient (Wildman–Crippen LogP) is 4.92. The Balaban J connectivity index is 3.63. The maximum absolute atomic E-state index is 9.98. The summed E-state index contributed by atoms with van der Waals surface area (Å²) in [5.41, 5.74) is 0.320. The third-order valence-electron chi connectivity index (χ3n) is 3.39. The normalized spacial score (nSPS) is 14.1. The van der Waals surface area contributed by atoms with Crippen LogP contribution in [-0.4, -0.2) is 11.2 Å². The number of aliphatic hydroxyl groups excluding tert-OH is 1. The maximum atomic E-state index is 9.98. The van der Waals surface area contributed by atoms with E-state index in [0.29, 0.717) is 5.41 Å². The molecule has 1 atom stereocenters. The van der Waals surface area contributed by atoms with E-state index < -0.39 is 0 Å². The number of unbranched alkanes of at least 4 members (excludes halogenated alkanes) is 4. The first-order chi connectivity index (χ1) is 7.52. The largest absolute Gasteiger partial charge is 0.393 e. The lowest BCUT2D eigenvalue weighted by Gasteiger charge is -2.27. The van der Waals surface area contributed by atoms with E-state index in [1.165, 1.54) is 44.9 Å². The minimum absolute atomic E-state index is 0.0799. The molecule has 0 aromatic rings. The molecule has 0 bridgehead atoms. The summed E-state index contributed by atoms with van der Waals surface area (Å²) in [6.07, 6.45) is 10.7. The molecule has 1 unspecified atom stereocenters. The van der Waals surface area contributed by atoms with Crippen LogP contribution in [0.15, 0.2) is 0 Å². The van der Waals surface area contributed by atoms with Crippen LogP contribution in [0.3, 0.4) is 0 Å². The average Bonchev–Trinajstić information content (AvgIpc) is 2.21. The van der Waals surface area contributed by atoms with Crippen LogP contribution in [0.1, 0.15) is 85.5 Å². The van der Waals surface area contributed by atoms with Gasteiger partial charge in [-0.3, -0.25) is 0 Å². The summed E-state index contributed by atoms with van der Waals surface area (Å²) in [4.78, 5) is 0. The molecule has 0 aliphatic heterocycles. The first-order valence-electron chi connectivity index (χ1n) is 7.20. The van der Waals surface area contributed by atoms with Gasteiger partial charge in [-0.15, -0.1) is 0 Å². The molecular formula is C15H32O. The summed E-state index contributed by atoms with van der Waals surface area (Å²) in [5.74, 6) is 0. The second-order valence-electron chi connectivity index (χ2n) is 5.98. The second-order valence-corrected chi connectivity index (χ2v) is 5.98. The summed E-state index contributed by atoms with van der Waals surface area (Å²) in [6.45, 7) is 9.04. The molecular weight excluding hydrogens is 196 g/mol. The third kappa shape index (κ3) is 9.21. The van der Waals surface area contributed by atoms with E-state index in [1.807, 2.05) is 0 Å². The van der Waals surface area contributed by atoms with Gasteiger partial charge in [0.05, 0.1) is 6.10 Å². The van der Waals surface area contributed by atoms with Crippen molar-refractivity contribution < 1.29 is 5.11 Å². The van der Waals surface area contributed by atoms with E-state index >= 15 is 0 Å². The molecule has 0 heterocycles.